The van der Waals surface area contributed by atoms with Crippen LogP contribution < -0.4 is 0 Å². The Hall–Kier alpha value is -0.910. The second-order valence-corrected chi connectivity index (χ2v) is 4.05. The average molecular weight is 294 g/mol. The van der Waals surface area contributed by atoms with Crippen LogP contribution in [-0.2, 0) is 10.1 Å². The zero-order valence-corrected chi connectivity index (χ0v) is 8.09. The van der Waals surface area contributed by atoms with Crippen LogP contribution in [0.2, 0.25) is 0 Å². The van der Waals surface area contributed by atoms with Crippen molar-refractivity contribution in [2.75, 3.05) is 0 Å². The van der Waals surface area contributed by atoms with Gasteiger partial charge in [0.05, 0.1) is 0 Å². The fourth-order valence-corrected chi connectivity index (χ4v) is 0.890. The molecular formula is C5H2F8O3S. The van der Waals surface area contributed by atoms with E-state index < -0.39 is 39.4 Å². The molecule has 0 aliphatic carbocycles. The van der Waals surface area contributed by atoms with E-state index in [9.17, 15) is 43.5 Å². The van der Waals surface area contributed by atoms with Crippen molar-refractivity contribution >= 4 is 10.1 Å². The predicted octanol–water partition coefficient (Wildman–Crippen LogP) is 2.52. The van der Waals surface area contributed by atoms with Crippen molar-refractivity contribution in [3.63, 3.8) is 0 Å². The smallest absolute Gasteiger partial charge is 0.281 e. The van der Waals surface area contributed by atoms with E-state index >= 15 is 0 Å². The third-order valence-corrected chi connectivity index (χ3v) is 2.21. The average Bonchev–Trinajstić information content (AvgIpc) is 2.10. The van der Waals surface area contributed by atoms with Crippen LogP contribution in [-0.4, -0.2) is 30.6 Å². The van der Waals surface area contributed by atoms with Crippen LogP contribution in [0.4, 0.5) is 35.1 Å². The molecule has 0 amide bonds. The lowest BCUT2D eigenvalue weighted by atomic mass is 10.3. The van der Waals surface area contributed by atoms with E-state index in [1.54, 1.807) is 0 Å². The zero-order valence-electron chi connectivity index (χ0n) is 7.27. The highest BCUT2D eigenvalue weighted by molar-refractivity contribution is 7.86. The Bertz CT molecular complexity index is 421. The molecule has 17 heavy (non-hydrogen) atoms. The van der Waals surface area contributed by atoms with Gasteiger partial charge in [-0.2, -0.15) is 34.8 Å². The Labute approximate surface area is 88.5 Å². The largest absolute Gasteiger partial charge is 0.445 e. The Morgan fingerprint density at radius 1 is 1.06 bits per heavy atom. The summed E-state index contributed by atoms with van der Waals surface area (Å²) in [6.45, 7) is 0. The molecule has 0 spiro atoms. The summed E-state index contributed by atoms with van der Waals surface area (Å²) in [6.07, 6.45) is -10.9. The molecule has 0 aromatic heterocycles. The van der Waals surface area contributed by atoms with Gasteiger partial charge in [0, 0.05) is 0 Å². The molecule has 0 aromatic rings. The van der Waals surface area contributed by atoms with Gasteiger partial charge >= 0.3 is 21.5 Å². The van der Waals surface area contributed by atoms with E-state index in [1.165, 1.54) is 0 Å². The summed E-state index contributed by atoms with van der Waals surface area (Å²) >= 11 is 0. The van der Waals surface area contributed by atoms with E-state index in [-0.39, 0.29) is 0 Å². The molecule has 0 aliphatic heterocycles. The van der Waals surface area contributed by atoms with Crippen LogP contribution in [0, 0.1) is 0 Å². The minimum absolute atomic E-state index is 3.68. The Balaban J connectivity index is 5.58. The first-order valence-electron chi connectivity index (χ1n) is 3.34. The molecule has 0 radical (unpaired) electrons. The highest BCUT2D eigenvalue weighted by atomic mass is 32.2. The van der Waals surface area contributed by atoms with Gasteiger partial charge in [0.25, 0.3) is 0 Å². The van der Waals surface area contributed by atoms with Crippen LogP contribution in [0.25, 0.3) is 0 Å². The van der Waals surface area contributed by atoms with Crippen LogP contribution in [0.1, 0.15) is 0 Å². The van der Waals surface area contributed by atoms with Gasteiger partial charge in [0.15, 0.2) is 5.83 Å². The molecule has 0 rings (SSSR count). The third-order valence-electron chi connectivity index (χ3n) is 1.32. The summed E-state index contributed by atoms with van der Waals surface area (Å²) in [4.78, 5) is 0. The lowest BCUT2D eigenvalue weighted by molar-refractivity contribution is -0.114. The maximum atomic E-state index is 12.4. The van der Waals surface area contributed by atoms with Crippen molar-refractivity contribution in [1.29, 1.82) is 0 Å². The molecule has 102 valence electrons. The fraction of sp³-hybridized carbons (Fsp3) is 0.600. The summed E-state index contributed by atoms with van der Waals surface area (Å²) in [6, 6.07) is 0. The van der Waals surface area contributed by atoms with E-state index in [0.29, 0.717) is 0 Å². The third kappa shape index (κ3) is 3.28. The van der Waals surface area contributed by atoms with Crippen LogP contribution in [0.3, 0.4) is 0 Å². The Morgan fingerprint density at radius 2 is 1.41 bits per heavy atom. The number of alkyl halides is 6. The van der Waals surface area contributed by atoms with Crippen molar-refractivity contribution < 1.29 is 48.1 Å². The molecule has 12 heteroatoms. The van der Waals surface area contributed by atoms with Crippen LogP contribution >= 0.6 is 0 Å². The van der Waals surface area contributed by atoms with Gasteiger partial charge < -0.3 is 0 Å². The number of hydrogen-bond donors (Lipinski definition) is 1. The van der Waals surface area contributed by atoms with Crippen LogP contribution in [0.15, 0.2) is 11.7 Å². The molecule has 0 aliphatic rings. The molecule has 0 bridgehead atoms. The van der Waals surface area contributed by atoms with Gasteiger partial charge in [-0.05, 0) is 0 Å². The van der Waals surface area contributed by atoms with Gasteiger partial charge in [-0.25, -0.2) is 8.78 Å². The van der Waals surface area contributed by atoms with Gasteiger partial charge in [0.2, 0.25) is 12.0 Å². The van der Waals surface area contributed by atoms with Gasteiger partial charge in [-0.1, -0.05) is 0 Å². The lowest BCUT2D eigenvalue weighted by Crippen LogP contribution is -2.39. The van der Waals surface area contributed by atoms with Gasteiger partial charge in [-0.3, -0.25) is 4.55 Å². The normalized spacial score (nSPS) is 17.7. The maximum Gasteiger partial charge on any atom is 0.445 e. The van der Waals surface area contributed by atoms with Crippen molar-refractivity contribution in [3.8, 4) is 0 Å². The maximum absolute atomic E-state index is 12.4. The molecule has 3 nitrogen and oxygen atoms in total. The topological polar surface area (TPSA) is 54.4 Å². The molecule has 0 aromatic carbocycles. The molecule has 0 heterocycles. The monoisotopic (exact) mass is 294 g/mol. The molecule has 1 atom stereocenters. The standard InChI is InChI=1S/C5H2F8O3S/c6-1(2(7)4(9,10)11)3(8)5(12,13)17(14,15)16/h3H,(H,14,15,16)/b2-1+. The number of allylic oxidation sites excluding steroid dienone is 2. The summed E-state index contributed by atoms with van der Waals surface area (Å²) < 4.78 is 123. The lowest BCUT2D eigenvalue weighted by Gasteiger charge is -2.16. The fourth-order valence-electron chi connectivity index (χ4n) is 0.525. The van der Waals surface area contributed by atoms with Gasteiger partial charge in [-0.15, -0.1) is 0 Å². The predicted molar refractivity (Wildman–Crippen MR) is 36.7 cm³/mol. The summed E-state index contributed by atoms with van der Waals surface area (Å²) in [5.41, 5.74) is 0. The van der Waals surface area contributed by atoms with Crippen molar-refractivity contribution in [1.82, 2.24) is 0 Å². The summed E-state index contributed by atoms with van der Waals surface area (Å²) in [5.74, 6) is -7.53. The van der Waals surface area contributed by atoms with E-state index in [4.69, 9.17) is 4.55 Å². The molecule has 1 N–H and O–H groups in total. The second kappa shape index (κ2) is 4.40. The molecule has 0 saturated heterocycles. The highest BCUT2D eigenvalue weighted by Gasteiger charge is 2.57. The number of hydrogen-bond acceptors (Lipinski definition) is 2. The summed E-state index contributed by atoms with van der Waals surface area (Å²) in [5, 5.41) is -5.94. The van der Waals surface area contributed by atoms with E-state index in [2.05, 4.69) is 0 Å². The first-order valence-corrected chi connectivity index (χ1v) is 4.78. The quantitative estimate of drug-likeness (QED) is 0.643. The van der Waals surface area contributed by atoms with Crippen molar-refractivity contribution in [2.45, 2.75) is 17.6 Å². The highest BCUT2D eigenvalue weighted by Crippen LogP contribution is 2.38. The van der Waals surface area contributed by atoms with Gasteiger partial charge in [0.1, 0.15) is 0 Å². The first-order chi connectivity index (χ1) is 7.23. The van der Waals surface area contributed by atoms with Crippen molar-refractivity contribution in [2.24, 2.45) is 0 Å². The Kier molecular flexibility index (Phi) is 4.17. The molecule has 1 unspecified atom stereocenters. The molecule has 0 saturated carbocycles. The second-order valence-electron chi connectivity index (χ2n) is 2.56. The number of halogens is 8. The minimum Gasteiger partial charge on any atom is -0.281 e. The number of rotatable bonds is 3. The first kappa shape index (κ1) is 16.1. The molecule has 0 fully saturated rings. The van der Waals surface area contributed by atoms with Crippen LogP contribution in [0.5, 0.6) is 0 Å². The minimum atomic E-state index is -6.54. The van der Waals surface area contributed by atoms with E-state index in [0.717, 1.165) is 0 Å². The van der Waals surface area contributed by atoms with Crippen molar-refractivity contribution in [3.05, 3.63) is 11.7 Å². The molecular weight excluding hydrogens is 292 g/mol. The van der Waals surface area contributed by atoms with E-state index in [1.807, 2.05) is 0 Å². The Morgan fingerprint density at radius 3 is 1.65 bits per heavy atom. The summed E-state index contributed by atoms with van der Waals surface area (Å²) in [7, 11) is -6.54. The zero-order chi connectivity index (χ0) is 14.2. The SMILES string of the molecule is O=S(=O)(O)C(F)(F)C(F)/C(F)=C(\F)C(F)(F)F.